The Labute approximate surface area is 129 Å². The maximum Gasteiger partial charge on any atom is 0.224 e. The van der Waals surface area contributed by atoms with Crippen LogP contribution >= 0.6 is 0 Å². The summed E-state index contributed by atoms with van der Waals surface area (Å²) in [5.41, 5.74) is 1.00. The number of hydrogen-bond acceptors (Lipinski definition) is 4. The van der Waals surface area contributed by atoms with Crippen molar-refractivity contribution in [2.24, 2.45) is 11.8 Å². The molecule has 2 fully saturated rings. The van der Waals surface area contributed by atoms with Crippen molar-refractivity contribution in [3.63, 3.8) is 0 Å². The molecule has 0 radical (unpaired) electrons. The molecule has 1 aliphatic heterocycles. The zero-order valence-corrected chi connectivity index (χ0v) is 12.5. The van der Waals surface area contributed by atoms with E-state index in [2.05, 4.69) is 15.6 Å². The van der Waals surface area contributed by atoms with Gasteiger partial charge in [0.1, 0.15) is 0 Å². The predicted octanol–water partition coefficient (Wildman–Crippen LogP) is 0.629. The van der Waals surface area contributed by atoms with E-state index in [1.807, 2.05) is 12.1 Å². The minimum absolute atomic E-state index is 0.0282. The predicted molar refractivity (Wildman–Crippen MR) is 79.7 cm³/mol. The molecule has 22 heavy (non-hydrogen) atoms. The zero-order valence-electron chi connectivity index (χ0n) is 12.5. The van der Waals surface area contributed by atoms with E-state index in [-0.39, 0.29) is 29.8 Å². The Kier molecular flexibility index (Phi) is 4.68. The first-order valence-electron chi connectivity index (χ1n) is 7.80. The van der Waals surface area contributed by atoms with Crippen molar-refractivity contribution in [2.45, 2.75) is 31.9 Å². The Bertz CT molecular complexity index is 529. The molecule has 1 saturated carbocycles. The van der Waals surface area contributed by atoms with Gasteiger partial charge >= 0.3 is 0 Å². The number of aromatic nitrogens is 1. The van der Waals surface area contributed by atoms with Crippen LogP contribution in [0.2, 0.25) is 0 Å². The molecule has 0 spiro atoms. The summed E-state index contributed by atoms with van der Waals surface area (Å²) >= 11 is 0. The summed E-state index contributed by atoms with van der Waals surface area (Å²) in [5, 5.41) is 5.76. The van der Waals surface area contributed by atoms with E-state index < -0.39 is 0 Å². The number of amides is 2. The standard InChI is InChI=1S/C16H21N3O3/c20-15(18-9-11-3-5-17-6-4-11)13-8-14(13)16(21)19-10-12-2-1-7-22-12/h3-6,12-14H,1-2,7-10H2,(H,18,20)(H,19,21). The highest BCUT2D eigenvalue weighted by Gasteiger charge is 2.47. The second-order valence-corrected chi connectivity index (χ2v) is 5.90. The second kappa shape index (κ2) is 6.87. The largest absolute Gasteiger partial charge is 0.376 e. The molecule has 2 aliphatic rings. The fraction of sp³-hybridized carbons (Fsp3) is 0.562. The summed E-state index contributed by atoms with van der Waals surface area (Å²) in [4.78, 5) is 28.0. The Morgan fingerprint density at radius 3 is 2.59 bits per heavy atom. The lowest BCUT2D eigenvalue weighted by Crippen LogP contribution is -2.34. The topological polar surface area (TPSA) is 80.3 Å². The summed E-state index contributed by atoms with van der Waals surface area (Å²) in [6, 6.07) is 3.72. The van der Waals surface area contributed by atoms with Crippen LogP contribution in [0.15, 0.2) is 24.5 Å². The summed E-state index contributed by atoms with van der Waals surface area (Å²) in [6.45, 7) is 1.81. The fourth-order valence-electron chi connectivity index (χ4n) is 2.75. The minimum Gasteiger partial charge on any atom is -0.376 e. The van der Waals surface area contributed by atoms with Crippen molar-refractivity contribution in [1.29, 1.82) is 0 Å². The number of carbonyl (C=O) groups excluding carboxylic acids is 2. The van der Waals surface area contributed by atoms with E-state index in [4.69, 9.17) is 4.74 Å². The van der Waals surface area contributed by atoms with Crippen LogP contribution in [0.4, 0.5) is 0 Å². The van der Waals surface area contributed by atoms with Crippen LogP contribution in [0, 0.1) is 11.8 Å². The van der Waals surface area contributed by atoms with E-state index in [1.165, 1.54) is 0 Å². The van der Waals surface area contributed by atoms with E-state index in [9.17, 15) is 9.59 Å². The summed E-state index contributed by atoms with van der Waals surface area (Å²) in [7, 11) is 0. The third-order valence-electron chi connectivity index (χ3n) is 4.21. The Hall–Kier alpha value is -1.95. The Balaban J connectivity index is 1.37. The number of pyridine rings is 1. The molecule has 6 heteroatoms. The van der Waals surface area contributed by atoms with Crippen molar-refractivity contribution in [3.05, 3.63) is 30.1 Å². The van der Waals surface area contributed by atoms with Gasteiger partial charge in [0.05, 0.1) is 17.9 Å². The van der Waals surface area contributed by atoms with Gasteiger partial charge in [-0.25, -0.2) is 0 Å². The summed E-state index contributed by atoms with van der Waals surface area (Å²) in [6.07, 6.45) is 6.23. The maximum absolute atomic E-state index is 12.0. The van der Waals surface area contributed by atoms with Crippen LogP contribution in [0.1, 0.15) is 24.8 Å². The van der Waals surface area contributed by atoms with Gasteiger partial charge in [-0.3, -0.25) is 14.6 Å². The van der Waals surface area contributed by atoms with Gasteiger partial charge in [0.25, 0.3) is 0 Å². The molecule has 118 valence electrons. The van der Waals surface area contributed by atoms with E-state index in [1.54, 1.807) is 12.4 Å². The normalized spacial score (nSPS) is 26.5. The number of nitrogens with one attached hydrogen (secondary N) is 2. The number of carbonyl (C=O) groups is 2. The molecule has 1 aliphatic carbocycles. The van der Waals surface area contributed by atoms with Crippen LogP contribution in [0.3, 0.4) is 0 Å². The first-order valence-corrected chi connectivity index (χ1v) is 7.80. The molecule has 2 heterocycles. The highest BCUT2D eigenvalue weighted by Crippen LogP contribution is 2.38. The second-order valence-electron chi connectivity index (χ2n) is 5.90. The molecular weight excluding hydrogens is 282 g/mol. The van der Waals surface area contributed by atoms with Crippen molar-refractivity contribution in [3.8, 4) is 0 Å². The lowest BCUT2D eigenvalue weighted by Gasteiger charge is -2.10. The average molecular weight is 303 g/mol. The smallest absolute Gasteiger partial charge is 0.224 e. The zero-order chi connectivity index (χ0) is 15.4. The van der Waals surface area contributed by atoms with Gasteiger partial charge in [0.2, 0.25) is 11.8 Å². The van der Waals surface area contributed by atoms with Gasteiger partial charge in [0, 0.05) is 32.1 Å². The van der Waals surface area contributed by atoms with Crippen LogP contribution in [-0.2, 0) is 20.9 Å². The van der Waals surface area contributed by atoms with Crippen LogP contribution in [0.25, 0.3) is 0 Å². The quantitative estimate of drug-likeness (QED) is 0.808. The molecule has 0 bridgehead atoms. The van der Waals surface area contributed by atoms with Crippen LogP contribution in [-0.4, -0.2) is 36.1 Å². The van der Waals surface area contributed by atoms with Gasteiger partial charge in [0.15, 0.2) is 0 Å². The lowest BCUT2D eigenvalue weighted by molar-refractivity contribution is -0.127. The molecular formula is C16H21N3O3. The molecule has 6 nitrogen and oxygen atoms in total. The summed E-state index contributed by atoms with van der Waals surface area (Å²) in [5.74, 6) is -0.446. The van der Waals surface area contributed by atoms with E-state index >= 15 is 0 Å². The molecule has 1 saturated heterocycles. The molecule has 1 aromatic rings. The third kappa shape index (κ3) is 3.82. The summed E-state index contributed by atoms with van der Waals surface area (Å²) < 4.78 is 5.47. The van der Waals surface area contributed by atoms with Crippen LogP contribution in [0.5, 0.6) is 0 Å². The number of rotatable bonds is 6. The van der Waals surface area contributed by atoms with Gasteiger partial charge in [-0.1, -0.05) is 0 Å². The molecule has 0 aromatic carbocycles. The SMILES string of the molecule is O=C(NCc1ccncc1)C1CC1C(=O)NCC1CCCO1. The van der Waals surface area contributed by atoms with E-state index in [0.29, 0.717) is 19.5 Å². The third-order valence-corrected chi connectivity index (χ3v) is 4.21. The maximum atomic E-state index is 12.0. The highest BCUT2D eigenvalue weighted by atomic mass is 16.5. The van der Waals surface area contributed by atoms with Crippen LogP contribution < -0.4 is 10.6 Å². The molecule has 3 unspecified atom stereocenters. The molecule has 3 rings (SSSR count). The minimum atomic E-state index is -0.189. The van der Waals surface area contributed by atoms with Crippen molar-refractivity contribution in [1.82, 2.24) is 15.6 Å². The fourth-order valence-corrected chi connectivity index (χ4v) is 2.75. The van der Waals surface area contributed by atoms with Gasteiger partial charge < -0.3 is 15.4 Å². The molecule has 2 N–H and O–H groups in total. The monoisotopic (exact) mass is 303 g/mol. The number of ether oxygens (including phenoxy) is 1. The van der Waals surface area contributed by atoms with Crippen molar-refractivity contribution in [2.75, 3.05) is 13.2 Å². The number of hydrogen-bond donors (Lipinski definition) is 2. The molecule has 1 aromatic heterocycles. The van der Waals surface area contributed by atoms with Crippen molar-refractivity contribution >= 4 is 11.8 Å². The van der Waals surface area contributed by atoms with Crippen molar-refractivity contribution < 1.29 is 14.3 Å². The highest BCUT2D eigenvalue weighted by molar-refractivity contribution is 5.92. The molecule has 2 amide bonds. The van der Waals surface area contributed by atoms with Gasteiger partial charge in [-0.2, -0.15) is 0 Å². The van der Waals surface area contributed by atoms with Gasteiger partial charge in [-0.05, 0) is 37.0 Å². The average Bonchev–Trinajstić information content (AvgIpc) is 3.19. The number of nitrogens with zero attached hydrogens (tertiary/aromatic N) is 1. The van der Waals surface area contributed by atoms with Gasteiger partial charge in [-0.15, -0.1) is 0 Å². The molecule has 3 atom stereocenters. The first kappa shape index (κ1) is 15.0. The Morgan fingerprint density at radius 1 is 1.18 bits per heavy atom. The first-order chi connectivity index (χ1) is 10.7. The Morgan fingerprint density at radius 2 is 1.91 bits per heavy atom. The lowest BCUT2D eigenvalue weighted by atomic mass is 10.2. The van der Waals surface area contributed by atoms with E-state index in [0.717, 1.165) is 25.0 Å².